The van der Waals surface area contributed by atoms with E-state index in [0.29, 0.717) is 36.1 Å². The molecular weight excluding hydrogens is 374 g/mol. The number of nitrogens with zero attached hydrogens (tertiary/aromatic N) is 2. The summed E-state index contributed by atoms with van der Waals surface area (Å²) in [5, 5.41) is 13.5. The lowest BCUT2D eigenvalue weighted by atomic mass is 10.1. The SMILES string of the molecule is COc1n[nH]c2cc(NC(=O)NC(C)c3ccccc3)nc(COC3COC3)c12. The van der Waals surface area contributed by atoms with Gasteiger partial charge in [0.05, 0.1) is 49.6 Å². The number of amides is 2. The van der Waals surface area contributed by atoms with Crippen LogP contribution >= 0.6 is 0 Å². The second-order valence-electron chi connectivity index (χ2n) is 6.81. The molecule has 0 aliphatic carbocycles. The van der Waals surface area contributed by atoms with Crippen molar-refractivity contribution >= 4 is 22.8 Å². The lowest BCUT2D eigenvalue weighted by Crippen LogP contribution is -2.36. The van der Waals surface area contributed by atoms with Gasteiger partial charge in [-0.1, -0.05) is 30.3 Å². The normalized spacial score (nSPS) is 15.0. The maximum absolute atomic E-state index is 12.5. The van der Waals surface area contributed by atoms with Gasteiger partial charge in [0.15, 0.2) is 0 Å². The summed E-state index contributed by atoms with van der Waals surface area (Å²) in [6, 6.07) is 11.0. The van der Waals surface area contributed by atoms with Gasteiger partial charge < -0.3 is 19.5 Å². The first kappa shape index (κ1) is 19.2. The van der Waals surface area contributed by atoms with Crippen LogP contribution in [-0.2, 0) is 16.1 Å². The van der Waals surface area contributed by atoms with E-state index in [1.807, 2.05) is 37.3 Å². The standard InChI is InChI=1S/C20H23N5O4/c1-12(13-6-4-3-5-7-13)21-20(26)23-17-8-15-18(19(27-2)25-24-15)16(22-17)11-29-14-9-28-10-14/h3-8,12,14H,9-11H2,1-2H3,(H,24,25)(H2,21,22,23,26). The first-order valence-corrected chi connectivity index (χ1v) is 9.38. The second kappa shape index (κ2) is 8.46. The van der Waals surface area contributed by atoms with Gasteiger partial charge in [0.1, 0.15) is 11.9 Å². The number of rotatable bonds is 7. The molecule has 9 nitrogen and oxygen atoms in total. The van der Waals surface area contributed by atoms with Crippen LogP contribution in [-0.4, -0.2) is 47.6 Å². The van der Waals surface area contributed by atoms with Crippen molar-refractivity contribution in [3.63, 3.8) is 0 Å². The predicted octanol–water partition coefficient (Wildman–Crippen LogP) is 2.76. The van der Waals surface area contributed by atoms with Crippen molar-refractivity contribution in [1.82, 2.24) is 20.5 Å². The molecule has 0 saturated carbocycles. The number of carbonyl (C=O) groups is 1. The van der Waals surface area contributed by atoms with E-state index < -0.39 is 0 Å². The third-order valence-corrected chi connectivity index (χ3v) is 4.73. The average molecular weight is 397 g/mol. The van der Waals surface area contributed by atoms with Crippen LogP contribution < -0.4 is 15.4 Å². The summed E-state index contributed by atoms with van der Waals surface area (Å²) in [4.78, 5) is 17.0. The maximum Gasteiger partial charge on any atom is 0.320 e. The summed E-state index contributed by atoms with van der Waals surface area (Å²) in [7, 11) is 1.55. The van der Waals surface area contributed by atoms with Crippen molar-refractivity contribution in [3.05, 3.63) is 47.7 Å². The molecule has 3 N–H and O–H groups in total. The van der Waals surface area contributed by atoms with E-state index in [9.17, 15) is 4.79 Å². The molecule has 2 amide bonds. The molecule has 0 radical (unpaired) electrons. The zero-order valence-electron chi connectivity index (χ0n) is 16.3. The van der Waals surface area contributed by atoms with Crippen LogP contribution in [0.5, 0.6) is 5.88 Å². The van der Waals surface area contributed by atoms with E-state index >= 15 is 0 Å². The summed E-state index contributed by atoms with van der Waals surface area (Å²) in [6.45, 7) is 3.33. The van der Waals surface area contributed by atoms with Crippen LogP contribution in [0.3, 0.4) is 0 Å². The third-order valence-electron chi connectivity index (χ3n) is 4.73. The summed E-state index contributed by atoms with van der Waals surface area (Å²) < 4.78 is 16.3. The molecule has 1 atom stereocenters. The highest BCUT2D eigenvalue weighted by Gasteiger charge is 2.22. The smallest absolute Gasteiger partial charge is 0.320 e. The minimum Gasteiger partial charge on any atom is -0.479 e. The average Bonchev–Trinajstić information content (AvgIpc) is 3.10. The highest BCUT2D eigenvalue weighted by Crippen LogP contribution is 2.28. The number of benzene rings is 1. The summed E-state index contributed by atoms with van der Waals surface area (Å²) in [5.74, 6) is 0.828. The molecule has 3 aromatic rings. The molecule has 4 rings (SSSR count). The Morgan fingerprint density at radius 2 is 2.14 bits per heavy atom. The van der Waals surface area contributed by atoms with Crippen LogP contribution in [0.2, 0.25) is 0 Å². The van der Waals surface area contributed by atoms with Crippen LogP contribution in [0.25, 0.3) is 10.9 Å². The Morgan fingerprint density at radius 3 is 2.83 bits per heavy atom. The van der Waals surface area contributed by atoms with Crippen LogP contribution in [0, 0.1) is 0 Å². The zero-order chi connectivity index (χ0) is 20.2. The van der Waals surface area contributed by atoms with E-state index in [4.69, 9.17) is 14.2 Å². The van der Waals surface area contributed by atoms with E-state index in [2.05, 4.69) is 25.8 Å². The molecule has 152 valence electrons. The van der Waals surface area contributed by atoms with Crippen molar-refractivity contribution in [3.8, 4) is 5.88 Å². The van der Waals surface area contributed by atoms with Crippen molar-refractivity contribution in [2.45, 2.75) is 25.7 Å². The number of urea groups is 1. The van der Waals surface area contributed by atoms with E-state index in [-0.39, 0.29) is 24.8 Å². The molecule has 0 bridgehead atoms. The molecule has 9 heteroatoms. The van der Waals surface area contributed by atoms with Gasteiger partial charge in [-0.25, -0.2) is 9.78 Å². The Balaban J connectivity index is 1.51. The van der Waals surface area contributed by atoms with Gasteiger partial charge in [-0.15, -0.1) is 5.10 Å². The third kappa shape index (κ3) is 4.30. The fourth-order valence-corrected chi connectivity index (χ4v) is 3.09. The molecular formula is C20H23N5O4. The van der Waals surface area contributed by atoms with Gasteiger partial charge in [0.2, 0.25) is 5.88 Å². The van der Waals surface area contributed by atoms with Crippen molar-refractivity contribution < 1.29 is 19.0 Å². The van der Waals surface area contributed by atoms with Gasteiger partial charge in [-0.3, -0.25) is 10.4 Å². The predicted molar refractivity (Wildman–Crippen MR) is 107 cm³/mol. The number of ether oxygens (including phenoxy) is 3. The summed E-state index contributed by atoms with van der Waals surface area (Å²) in [5.41, 5.74) is 2.35. The van der Waals surface area contributed by atoms with E-state index in [1.165, 1.54) is 0 Å². The number of anilines is 1. The Labute approximate surface area is 167 Å². The number of carbonyl (C=O) groups excluding carboxylic acids is 1. The van der Waals surface area contributed by atoms with Crippen LogP contribution in [0.4, 0.5) is 10.6 Å². The first-order valence-electron chi connectivity index (χ1n) is 9.38. The number of methoxy groups -OCH3 is 1. The van der Waals surface area contributed by atoms with Crippen LogP contribution in [0.15, 0.2) is 36.4 Å². The van der Waals surface area contributed by atoms with Crippen molar-refractivity contribution in [2.75, 3.05) is 25.6 Å². The highest BCUT2D eigenvalue weighted by atomic mass is 16.6. The fraction of sp³-hybridized carbons (Fsp3) is 0.350. The van der Waals surface area contributed by atoms with Gasteiger partial charge >= 0.3 is 6.03 Å². The number of aromatic nitrogens is 3. The Kier molecular flexibility index (Phi) is 5.59. The Hall–Kier alpha value is -3.17. The molecule has 1 aliphatic rings. The number of nitrogens with one attached hydrogen (secondary N) is 3. The summed E-state index contributed by atoms with van der Waals surface area (Å²) >= 11 is 0. The van der Waals surface area contributed by atoms with Gasteiger partial charge in [0, 0.05) is 6.07 Å². The molecule has 29 heavy (non-hydrogen) atoms. The number of pyridine rings is 1. The molecule has 1 aromatic carbocycles. The summed E-state index contributed by atoms with van der Waals surface area (Å²) in [6.07, 6.45) is 0.0522. The molecule has 3 heterocycles. The zero-order valence-corrected chi connectivity index (χ0v) is 16.3. The van der Waals surface area contributed by atoms with Crippen LogP contribution in [0.1, 0.15) is 24.2 Å². The number of fused-ring (bicyclic) bond motifs is 1. The van der Waals surface area contributed by atoms with E-state index in [0.717, 1.165) is 10.9 Å². The fourth-order valence-electron chi connectivity index (χ4n) is 3.09. The van der Waals surface area contributed by atoms with Gasteiger partial charge in [-0.2, -0.15) is 0 Å². The largest absolute Gasteiger partial charge is 0.479 e. The van der Waals surface area contributed by atoms with Crippen molar-refractivity contribution in [2.24, 2.45) is 0 Å². The van der Waals surface area contributed by atoms with Gasteiger partial charge in [-0.05, 0) is 12.5 Å². The number of hydrogen-bond donors (Lipinski definition) is 3. The van der Waals surface area contributed by atoms with E-state index in [1.54, 1.807) is 13.2 Å². The minimum atomic E-state index is -0.348. The number of H-pyrrole nitrogens is 1. The second-order valence-corrected chi connectivity index (χ2v) is 6.81. The van der Waals surface area contributed by atoms with Gasteiger partial charge in [0.25, 0.3) is 0 Å². The molecule has 1 saturated heterocycles. The molecule has 0 spiro atoms. The lowest BCUT2D eigenvalue weighted by molar-refractivity contribution is -0.135. The quantitative estimate of drug-likeness (QED) is 0.565. The number of hydrogen-bond acceptors (Lipinski definition) is 6. The monoisotopic (exact) mass is 397 g/mol. The van der Waals surface area contributed by atoms with Crippen molar-refractivity contribution in [1.29, 1.82) is 0 Å². The first-order chi connectivity index (χ1) is 14.1. The highest BCUT2D eigenvalue weighted by molar-refractivity contribution is 5.93. The Morgan fingerprint density at radius 1 is 1.34 bits per heavy atom. The minimum absolute atomic E-state index is 0.0522. The Bertz CT molecular complexity index is 987. The molecule has 1 fully saturated rings. The molecule has 1 aliphatic heterocycles. The maximum atomic E-state index is 12.5. The lowest BCUT2D eigenvalue weighted by Gasteiger charge is -2.26. The topological polar surface area (TPSA) is 110 Å². The number of aromatic amines is 1. The molecule has 2 aromatic heterocycles. The molecule has 1 unspecified atom stereocenters.